The van der Waals surface area contributed by atoms with Crippen molar-refractivity contribution in [2.75, 3.05) is 0 Å². The summed E-state index contributed by atoms with van der Waals surface area (Å²) in [5.74, 6) is 0.293. The minimum atomic E-state index is -4.38. The Hall–Kier alpha value is -2.65. The topological polar surface area (TPSA) is 138 Å². The number of phenolic OH excluding ortho intramolecular Hbond substituents is 1. The molecule has 0 bridgehead atoms. The van der Waals surface area contributed by atoms with Crippen LogP contribution in [0.4, 0.5) is 0 Å². The van der Waals surface area contributed by atoms with E-state index >= 15 is 0 Å². The molecule has 0 saturated carbocycles. The van der Waals surface area contributed by atoms with Gasteiger partial charge in [-0.15, -0.1) is 5.10 Å². The molecule has 1 aromatic heterocycles. The largest absolute Gasteiger partial charge is 0.508 e. The summed E-state index contributed by atoms with van der Waals surface area (Å²) in [4.78, 5) is 0. The lowest BCUT2D eigenvalue weighted by atomic mass is 10.2. The molecule has 0 aliphatic heterocycles. The van der Waals surface area contributed by atoms with Crippen LogP contribution in [0.15, 0.2) is 56.1 Å². The van der Waals surface area contributed by atoms with Gasteiger partial charge in [-0.3, -0.25) is 4.55 Å². The third kappa shape index (κ3) is 3.91. The minimum absolute atomic E-state index is 0.0879. The standard InChI is InChI=1S/C12H11N3O5S/c13-12(8-1-3-9(16)4-2-8)15-14-7-10-5-6-11(20-10)21(17,18)19/h1-7,16H,(H2,13,15)(H,17,18,19). The molecule has 2 aromatic rings. The van der Waals surface area contributed by atoms with E-state index in [1.807, 2.05) is 0 Å². The smallest absolute Gasteiger partial charge is 0.328 e. The van der Waals surface area contributed by atoms with Crippen molar-refractivity contribution in [2.24, 2.45) is 15.9 Å². The highest BCUT2D eigenvalue weighted by Gasteiger charge is 2.13. The molecule has 4 N–H and O–H groups in total. The van der Waals surface area contributed by atoms with Crippen LogP contribution in [0.3, 0.4) is 0 Å². The second-order valence-corrected chi connectivity index (χ2v) is 5.26. The highest BCUT2D eigenvalue weighted by Crippen LogP contribution is 2.12. The normalized spacial score (nSPS) is 12.9. The van der Waals surface area contributed by atoms with E-state index in [2.05, 4.69) is 10.2 Å². The maximum Gasteiger partial charge on any atom is 0.328 e. The molecule has 21 heavy (non-hydrogen) atoms. The number of nitrogens with zero attached hydrogens (tertiary/aromatic N) is 2. The van der Waals surface area contributed by atoms with Crippen molar-refractivity contribution in [3.63, 3.8) is 0 Å². The summed E-state index contributed by atoms with van der Waals surface area (Å²) in [6, 6.07) is 8.42. The number of benzene rings is 1. The molecule has 0 aliphatic carbocycles. The zero-order valence-electron chi connectivity index (χ0n) is 10.5. The van der Waals surface area contributed by atoms with Crippen LogP contribution in [-0.4, -0.2) is 30.1 Å². The molecule has 110 valence electrons. The van der Waals surface area contributed by atoms with Gasteiger partial charge in [0, 0.05) is 5.56 Å². The Labute approximate surface area is 120 Å². The Bertz CT molecular complexity index is 791. The second kappa shape index (κ2) is 5.77. The first-order valence-electron chi connectivity index (χ1n) is 5.59. The Morgan fingerprint density at radius 1 is 1.19 bits per heavy atom. The third-order valence-electron chi connectivity index (χ3n) is 2.37. The van der Waals surface area contributed by atoms with Gasteiger partial charge in [0.1, 0.15) is 11.5 Å². The van der Waals surface area contributed by atoms with Gasteiger partial charge in [-0.25, -0.2) is 0 Å². The lowest BCUT2D eigenvalue weighted by molar-refractivity contribution is 0.404. The average Bonchev–Trinajstić information content (AvgIpc) is 2.88. The Morgan fingerprint density at radius 3 is 2.43 bits per heavy atom. The van der Waals surface area contributed by atoms with Crippen molar-refractivity contribution in [2.45, 2.75) is 5.09 Å². The highest BCUT2D eigenvalue weighted by molar-refractivity contribution is 7.85. The van der Waals surface area contributed by atoms with Gasteiger partial charge in [0.25, 0.3) is 0 Å². The predicted octanol–water partition coefficient (Wildman–Crippen LogP) is 0.971. The number of nitrogens with two attached hydrogens (primary N) is 1. The average molecular weight is 309 g/mol. The van der Waals surface area contributed by atoms with E-state index in [1.165, 1.54) is 18.2 Å². The molecule has 1 heterocycles. The van der Waals surface area contributed by atoms with Crippen LogP contribution in [0, 0.1) is 0 Å². The molecule has 0 amide bonds. The number of hydrogen-bond donors (Lipinski definition) is 3. The summed E-state index contributed by atoms with van der Waals surface area (Å²) in [6.07, 6.45) is 1.14. The molecule has 0 radical (unpaired) electrons. The summed E-state index contributed by atoms with van der Waals surface area (Å²) in [5.41, 5.74) is 6.23. The van der Waals surface area contributed by atoms with E-state index in [9.17, 15) is 8.42 Å². The quantitative estimate of drug-likeness (QED) is 0.333. The highest BCUT2D eigenvalue weighted by atomic mass is 32.2. The second-order valence-electron chi connectivity index (χ2n) is 3.91. The number of furan rings is 1. The van der Waals surface area contributed by atoms with Crippen LogP contribution in [0.5, 0.6) is 5.75 Å². The van der Waals surface area contributed by atoms with E-state index in [1.54, 1.807) is 12.1 Å². The maximum absolute atomic E-state index is 10.8. The molecule has 0 unspecified atom stereocenters. The molecule has 0 aliphatic rings. The molecular weight excluding hydrogens is 298 g/mol. The first-order valence-corrected chi connectivity index (χ1v) is 7.03. The van der Waals surface area contributed by atoms with Gasteiger partial charge in [-0.05, 0) is 36.4 Å². The van der Waals surface area contributed by atoms with Crippen molar-refractivity contribution >= 4 is 22.2 Å². The summed E-state index contributed by atoms with van der Waals surface area (Å²) >= 11 is 0. The number of phenols is 1. The van der Waals surface area contributed by atoms with E-state index < -0.39 is 15.2 Å². The van der Waals surface area contributed by atoms with E-state index in [-0.39, 0.29) is 17.3 Å². The number of hydrogen-bond acceptors (Lipinski definition) is 6. The van der Waals surface area contributed by atoms with Crippen molar-refractivity contribution < 1.29 is 22.5 Å². The van der Waals surface area contributed by atoms with E-state index in [0.29, 0.717) is 5.56 Å². The molecule has 2 rings (SSSR count). The fraction of sp³-hybridized carbons (Fsp3) is 0. The zero-order valence-corrected chi connectivity index (χ0v) is 11.4. The van der Waals surface area contributed by atoms with E-state index in [0.717, 1.165) is 12.3 Å². The molecule has 9 heteroatoms. The number of aromatic hydroxyl groups is 1. The molecule has 8 nitrogen and oxygen atoms in total. The van der Waals surface area contributed by atoms with Crippen molar-refractivity contribution in [1.29, 1.82) is 0 Å². The lowest BCUT2D eigenvalue weighted by Gasteiger charge is -1.97. The molecule has 0 saturated heterocycles. The summed E-state index contributed by atoms with van der Waals surface area (Å²) in [7, 11) is -4.38. The van der Waals surface area contributed by atoms with Crippen molar-refractivity contribution in [3.8, 4) is 5.75 Å². The third-order valence-corrected chi connectivity index (χ3v) is 3.10. The first-order chi connectivity index (χ1) is 9.86. The van der Waals surface area contributed by atoms with Crippen LogP contribution in [0.25, 0.3) is 0 Å². The molecule has 0 fully saturated rings. The zero-order chi connectivity index (χ0) is 15.5. The van der Waals surface area contributed by atoms with Crippen LogP contribution in [0.1, 0.15) is 11.3 Å². The summed E-state index contributed by atoms with van der Waals surface area (Å²) in [5, 5.41) is 15.9. The first kappa shape index (κ1) is 14.8. The van der Waals surface area contributed by atoms with Crippen molar-refractivity contribution in [3.05, 3.63) is 47.7 Å². The predicted molar refractivity (Wildman–Crippen MR) is 74.9 cm³/mol. The van der Waals surface area contributed by atoms with Gasteiger partial charge in [0.05, 0.1) is 6.21 Å². The Morgan fingerprint density at radius 2 is 1.86 bits per heavy atom. The Kier molecular flexibility index (Phi) is 4.05. The molecule has 0 atom stereocenters. The minimum Gasteiger partial charge on any atom is -0.508 e. The monoisotopic (exact) mass is 309 g/mol. The van der Waals surface area contributed by atoms with Crippen molar-refractivity contribution in [1.82, 2.24) is 0 Å². The van der Waals surface area contributed by atoms with Crippen LogP contribution in [0.2, 0.25) is 0 Å². The van der Waals surface area contributed by atoms with Gasteiger partial charge in [-0.1, -0.05) is 0 Å². The van der Waals surface area contributed by atoms with E-state index in [4.69, 9.17) is 19.8 Å². The lowest BCUT2D eigenvalue weighted by Crippen LogP contribution is -2.12. The Balaban J connectivity index is 2.12. The van der Waals surface area contributed by atoms with Gasteiger partial charge in [0.15, 0.2) is 5.84 Å². The van der Waals surface area contributed by atoms with Gasteiger partial charge < -0.3 is 15.3 Å². The summed E-state index contributed by atoms with van der Waals surface area (Å²) < 4.78 is 35.2. The van der Waals surface area contributed by atoms with Gasteiger partial charge >= 0.3 is 10.1 Å². The SMILES string of the molecule is NC(=NN=Cc1ccc(S(=O)(=O)O)o1)c1ccc(O)cc1. The van der Waals surface area contributed by atoms with Crippen LogP contribution >= 0.6 is 0 Å². The van der Waals surface area contributed by atoms with Crippen LogP contribution in [-0.2, 0) is 10.1 Å². The number of rotatable bonds is 4. The fourth-order valence-electron chi connectivity index (χ4n) is 1.38. The van der Waals surface area contributed by atoms with Gasteiger partial charge in [-0.2, -0.15) is 13.5 Å². The fourth-order valence-corrected chi connectivity index (χ4v) is 1.82. The van der Waals surface area contributed by atoms with Crippen LogP contribution < -0.4 is 5.73 Å². The molecule has 0 spiro atoms. The van der Waals surface area contributed by atoms with Gasteiger partial charge in [0.2, 0.25) is 5.09 Å². The maximum atomic E-state index is 10.8. The number of amidine groups is 1. The molecular formula is C12H11N3O5S. The molecule has 1 aromatic carbocycles. The summed E-state index contributed by atoms with van der Waals surface area (Å²) in [6.45, 7) is 0.